The maximum Gasteiger partial charge on any atom is 2.00 e. The van der Waals surface area contributed by atoms with E-state index in [0.717, 1.165) is 80.3 Å². The number of alkyl halides is 3. The van der Waals surface area contributed by atoms with Crippen LogP contribution in [0.2, 0.25) is 0 Å². The van der Waals surface area contributed by atoms with Crippen molar-refractivity contribution in [2.45, 2.75) is 56.7 Å². The van der Waals surface area contributed by atoms with Gasteiger partial charge in [0.1, 0.15) is 36.2 Å². The zero-order valence-corrected chi connectivity index (χ0v) is 54.5. The molecule has 80 heavy (non-hydrogen) atoms. The van der Waals surface area contributed by atoms with Crippen molar-refractivity contribution in [3.63, 3.8) is 0 Å². The van der Waals surface area contributed by atoms with Crippen molar-refractivity contribution in [1.29, 1.82) is 0 Å². The van der Waals surface area contributed by atoms with Gasteiger partial charge in [-0.05, 0) is 129 Å². The molecule has 0 unspecified atom stereocenters. The number of rotatable bonds is 18. The number of para-hydroxylation sites is 2. The second-order valence-corrected chi connectivity index (χ2v) is 24.3. The minimum atomic E-state index is -0.977. The number of ether oxygens (including phenoxy) is 4. The van der Waals surface area contributed by atoms with Crippen molar-refractivity contribution in [2.24, 2.45) is 0 Å². The summed E-state index contributed by atoms with van der Waals surface area (Å²) in [6, 6.07) is 66.8. The van der Waals surface area contributed by atoms with Gasteiger partial charge in [-0.15, -0.1) is 0 Å². The van der Waals surface area contributed by atoms with Crippen LogP contribution in [-0.4, -0.2) is 30.7 Å². The van der Waals surface area contributed by atoms with Gasteiger partial charge in [0, 0.05) is 25.7 Å². The van der Waals surface area contributed by atoms with E-state index in [1.165, 1.54) is 31.8 Å². The zero-order valence-electron chi connectivity index (χ0n) is 44.3. The largest absolute Gasteiger partial charge is 2.00 e. The Kier molecular flexibility index (Phi) is 34.4. The summed E-state index contributed by atoms with van der Waals surface area (Å²) < 4.78 is 26.9. The average Bonchev–Trinajstić information content (AvgIpc) is 3.41. The molecule has 0 amide bonds. The van der Waals surface area contributed by atoms with Crippen LogP contribution in [0, 0.1) is 0 Å². The van der Waals surface area contributed by atoms with Crippen LogP contribution in [0.4, 0.5) is 0 Å². The maximum atomic E-state index is 6.98. The van der Waals surface area contributed by atoms with E-state index in [2.05, 4.69) is 209 Å². The second kappa shape index (κ2) is 37.8. The van der Waals surface area contributed by atoms with Crippen LogP contribution in [0.3, 0.4) is 0 Å². The molecular formula is C65H63Cl7O4P2Pd2. The van der Waals surface area contributed by atoms with Gasteiger partial charge in [0.15, 0.2) is 4.30 Å². The van der Waals surface area contributed by atoms with Crippen molar-refractivity contribution in [3.8, 4) is 23.0 Å². The molecule has 0 aromatic heterocycles. The molecule has 0 atom stereocenters. The molecule has 0 heterocycles. The molecule has 1 aliphatic carbocycles. The van der Waals surface area contributed by atoms with Crippen LogP contribution >= 0.6 is 50.6 Å². The van der Waals surface area contributed by atoms with Crippen LogP contribution in [0.1, 0.15) is 71.2 Å². The average molecular weight is 1430 g/mol. The summed E-state index contributed by atoms with van der Waals surface area (Å²) in [7, 11) is -1.95. The SMILES string of the molecule is C=CCOc1c2cc(P(c3ccccc3)c3ccccc3)cc1Cc1cccc(c1OCCC)Cc1cccc(c1OCCC)Cc1cc(P(c3ccccc3)c3ccccc3)cc(c1OCC=C)C2.ClC(Cl)Cl.[Cl-].[Cl-].[Cl-].[Cl-].[Pd+2].[Pd+2]. The third-order valence-corrected chi connectivity index (χ3v) is 17.3. The van der Waals surface area contributed by atoms with Gasteiger partial charge in [-0.1, -0.05) is 232 Å². The Morgan fingerprint density at radius 3 is 0.863 bits per heavy atom. The van der Waals surface area contributed by atoms with Gasteiger partial charge < -0.3 is 68.6 Å². The van der Waals surface area contributed by atoms with Crippen LogP contribution in [0.5, 0.6) is 23.0 Å². The quantitative estimate of drug-likeness (QED) is 0.0574. The van der Waals surface area contributed by atoms with E-state index < -0.39 is 20.1 Å². The third-order valence-electron chi connectivity index (χ3n) is 12.5. The van der Waals surface area contributed by atoms with Crippen LogP contribution in [0.25, 0.3) is 0 Å². The normalized spacial score (nSPS) is 11.0. The Hall–Kier alpha value is -3.35. The molecule has 426 valence electrons. The molecule has 0 N–H and O–H groups in total. The fraction of sp³-hybridized carbons (Fsp3) is 0.200. The van der Waals surface area contributed by atoms with Crippen molar-refractivity contribution in [1.82, 2.24) is 0 Å². The topological polar surface area (TPSA) is 36.9 Å². The molecule has 0 fully saturated rings. The fourth-order valence-corrected chi connectivity index (χ4v) is 14.4. The van der Waals surface area contributed by atoms with E-state index in [0.29, 0.717) is 52.1 Å². The first-order valence-electron chi connectivity index (χ1n) is 25.3. The molecule has 0 radical (unpaired) electrons. The van der Waals surface area contributed by atoms with E-state index in [9.17, 15) is 0 Å². The van der Waals surface area contributed by atoms with E-state index in [1.807, 2.05) is 12.2 Å². The molecule has 8 aromatic carbocycles. The Balaban J connectivity index is 0.00000212. The summed E-state index contributed by atoms with van der Waals surface area (Å²) in [5, 5.41) is 7.66. The summed E-state index contributed by atoms with van der Waals surface area (Å²) >= 11 is 14.4. The van der Waals surface area contributed by atoms with E-state index >= 15 is 0 Å². The molecule has 15 heteroatoms. The van der Waals surface area contributed by atoms with Crippen LogP contribution in [0.15, 0.2) is 207 Å². The van der Waals surface area contributed by atoms with Crippen LogP contribution in [-0.2, 0) is 66.5 Å². The summed E-state index contributed by atoms with van der Waals surface area (Å²) in [5.41, 5.74) is 8.91. The molecule has 9 rings (SSSR count). The molecule has 0 aliphatic heterocycles. The molecular weight excluding hydrogens is 1370 g/mol. The molecule has 4 nitrogen and oxygen atoms in total. The van der Waals surface area contributed by atoms with Crippen molar-refractivity contribution in [3.05, 3.63) is 252 Å². The van der Waals surface area contributed by atoms with Gasteiger partial charge in [-0.2, -0.15) is 0 Å². The standard InChI is InChI=1S/C64H62O4P2.CHCl3.4ClH.2Pd/c1-5-35-65-61-47-23-21-25-49(61)40-51-43-59(69(55-27-13-9-14-28-55)56-29-15-10-16-30-56)45-53(63(51)67-37-7-3)42-54-46-60(70(57-31-17-11-18-32-57)58-33-19-12-20-34-58)44-52(64(54)68-38-8-4)41-50-26-22-24-48(39-47)62(50)66-36-6-2;2-1(3)4;;;;;;/h7-34,43-46H,3-6,35-42H2,1-2H3;1H;4*1H;;/q;;;;;;2*+2/p-4. The first-order chi connectivity index (χ1) is 36.3. The van der Waals surface area contributed by atoms with Crippen molar-refractivity contribution in [2.75, 3.05) is 26.4 Å². The van der Waals surface area contributed by atoms with Gasteiger partial charge in [0.2, 0.25) is 0 Å². The molecule has 0 spiro atoms. The van der Waals surface area contributed by atoms with Crippen molar-refractivity contribution < 1.29 is 109 Å². The van der Waals surface area contributed by atoms with Crippen LogP contribution < -0.4 is 100 Å². The van der Waals surface area contributed by atoms with Crippen molar-refractivity contribution >= 4 is 82.5 Å². The van der Waals surface area contributed by atoms with E-state index in [1.54, 1.807) is 0 Å². The summed E-state index contributed by atoms with van der Waals surface area (Å²) in [5.74, 6) is 3.61. The Labute approximate surface area is 544 Å². The Bertz CT molecular complexity index is 2820. The first-order valence-corrected chi connectivity index (χ1v) is 29.3. The van der Waals surface area contributed by atoms with Gasteiger partial charge >= 0.3 is 40.8 Å². The summed E-state index contributed by atoms with van der Waals surface area (Å²) in [6.45, 7) is 14.5. The number of halogens is 7. The zero-order chi connectivity index (χ0) is 51.7. The number of fused-ring (bicyclic) bond motifs is 8. The summed E-state index contributed by atoms with van der Waals surface area (Å²) in [6.07, 6.45) is 7.89. The maximum absolute atomic E-state index is 6.98. The van der Waals surface area contributed by atoms with Gasteiger partial charge in [-0.25, -0.2) is 0 Å². The molecule has 0 saturated heterocycles. The smallest absolute Gasteiger partial charge is 1.00 e. The predicted octanol–water partition coefficient (Wildman–Crippen LogP) is 2.58. The minimum Gasteiger partial charge on any atom is -1.00 e. The molecule has 0 saturated carbocycles. The number of benzene rings is 8. The van der Waals surface area contributed by atoms with Gasteiger partial charge in [-0.3, -0.25) is 0 Å². The van der Waals surface area contributed by atoms with E-state index in [-0.39, 0.29) is 90.5 Å². The number of hydrogen-bond donors (Lipinski definition) is 0. The molecule has 8 bridgehead atoms. The summed E-state index contributed by atoms with van der Waals surface area (Å²) in [4.78, 5) is 0. The monoisotopic (exact) mass is 1430 g/mol. The van der Waals surface area contributed by atoms with Gasteiger partial charge in [0.25, 0.3) is 0 Å². The fourth-order valence-electron chi connectivity index (χ4n) is 9.55. The molecule has 8 aromatic rings. The Morgan fingerprint density at radius 2 is 0.613 bits per heavy atom. The minimum absolute atomic E-state index is 0. The number of hydrogen-bond acceptors (Lipinski definition) is 4. The first kappa shape index (κ1) is 72.8. The van der Waals surface area contributed by atoms with E-state index in [4.69, 9.17) is 53.8 Å². The third kappa shape index (κ3) is 19.4. The second-order valence-electron chi connectivity index (χ2n) is 17.9. The molecule has 1 aliphatic rings. The van der Waals surface area contributed by atoms with Gasteiger partial charge in [0.05, 0.1) is 13.2 Å². The Morgan fingerprint density at radius 1 is 0.375 bits per heavy atom. The predicted molar refractivity (Wildman–Crippen MR) is 319 cm³/mol.